The average Bonchev–Trinajstić information content (AvgIpc) is 3.38. The summed E-state index contributed by atoms with van der Waals surface area (Å²) in [4.78, 5) is 30.2. The van der Waals surface area contributed by atoms with Gasteiger partial charge >= 0.3 is 0 Å². The van der Waals surface area contributed by atoms with E-state index in [4.69, 9.17) is 9.47 Å². The van der Waals surface area contributed by atoms with Crippen LogP contribution in [0.1, 0.15) is 21.9 Å². The second-order valence-electron chi connectivity index (χ2n) is 7.15. The molecule has 0 aliphatic heterocycles. The SMILES string of the molecule is COc1ccccc1OCc1nc(SCC(=O)c2c(C)n(C)n(-c3ccccc3)c2=O)n[nH]1. The molecule has 0 bridgehead atoms. The molecule has 0 fully saturated rings. The number of nitrogens with one attached hydrogen (secondary N) is 1. The van der Waals surface area contributed by atoms with E-state index >= 15 is 0 Å². The largest absolute Gasteiger partial charge is 0.493 e. The Bertz CT molecular complexity index is 1330. The molecule has 0 radical (unpaired) electrons. The van der Waals surface area contributed by atoms with Gasteiger partial charge in [-0.1, -0.05) is 42.1 Å². The van der Waals surface area contributed by atoms with Crippen molar-refractivity contribution >= 4 is 17.5 Å². The fourth-order valence-corrected chi connectivity index (χ4v) is 4.07. The number of nitrogens with zero attached hydrogens (tertiary/aromatic N) is 4. The van der Waals surface area contributed by atoms with Gasteiger partial charge in [0, 0.05) is 12.7 Å². The highest BCUT2D eigenvalue weighted by Crippen LogP contribution is 2.26. The van der Waals surface area contributed by atoms with Crippen LogP contribution < -0.4 is 15.0 Å². The van der Waals surface area contributed by atoms with E-state index in [0.29, 0.717) is 33.9 Å². The molecule has 33 heavy (non-hydrogen) atoms. The zero-order valence-corrected chi connectivity index (χ0v) is 19.3. The van der Waals surface area contributed by atoms with Gasteiger partial charge in [0.25, 0.3) is 5.56 Å². The molecule has 4 aromatic rings. The summed E-state index contributed by atoms with van der Waals surface area (Å²) in [5.74, 6) is 1.49. The number of ether oxygens (including phenoxy) is 2. The zero-order chi connectivity index (χ0) is 23.4. The quantitative estimate of drug-likeness (QED) is 0.299. The number of rotatable bonds is 9. The number of carbonyl (C=O) groups is 1. The van der Waals surface area contributed by atoms with Gasteiger partial charge in [-0.3, -0.25) is 19.4 Å². The van der Waals surface area contributed by atoms with Crippen molar-refractivity contribution in [2.75, 3.05) is 12.9 Å². The lowest BCUT2D eigenvalue weighted by Crippen LogP contribution is -2.23. The summed E-state index contributed by atoms with van der Waals surface area (Å²) in [6.45, 7) is 1.93. The molecular weight excluding hydrogens is 442 g/mol. The van der Waals surface area contributed by atoms with E-state index in [-0.39, 0.29) is 29.3 Å². The number of benzene rings is 2. The molecule has 0 saturated carbocycles. The lowest BCUT2D eigenvalue weighted by Gasteiger charge is -2.08. The van der Waals surface area contributed by atoms with Crippen LogP contribution in [0.25, 0.3) is 5.69 Å². The molecular formula is C23H23N5O4S. The van der Waals surface area contributed by atoms with Crippen molar-refractivity contribution < 1.29 is 14.3 Å². The van der Waals surface area contributed by atoms with Crippen molar-refractivity contribution in [2.24, 2.45) is 7.05 Å². The van der Waals surface area contributed by atoms with E-state index in [1.165, 1.54) is 4.68 Å². The van der Waals surface area contributed by atoms with Gasteiger partial charge in [0.05, 0.1) is 18.6 Å². The van der Waals surface area contributed by atoms with E-state index in [9.17, 15) is 9.59 Å². The van der Waals surface area contributed by atoms with Crippen LogP contribution in [0, 0.1) is 6.92 Å². The van der Waals surface area contributed by atoms with Gasteiger partial charge in [-0.15, -0.1) is 5.10 Å². The van der Waals surface area contributed by atoms with Crippen LogP contribution in [-0.4, -0.2) is 43.2 Å². The fourth-order valence-electron chi connectivity index (χ4n) is 3.38. The summed E-state index contributed by atoms with van der Waals surface area (Å²) in [6, 6.07) is 16.5. The number of Topliss-reactive ketones (excluding diaryl/α,β-unsaturated/α-hetero) is 1. The van der Waals surface area contributed by atoms with Crippen molar-refractivity contribution in [2.45, 2.75) is 18.7 Å². The van der Waals surface area contributed by atoms with Crippen LogP contribution in [0.4, 0.5) is 0 Å². The number of hydrogen-bond donors (Lipinski definition) is 1. The van der Waals surface area contributed by atoms with Crippen molar-refractivity contribution in [1.29, 1.82) is 0 Å². The molecule has 4 rings (SSSR count). The van der Waals surface area contributed by atoms with Gasteiger partial charge in [0.15, 0.2) is 23.1 Å². The molecule has 2 aromatic carbocycles. The Morgan fingerprint density at radius 1 is 1.09 bits per heavy atom. The zero-order valence-electron chi connectivity index (χ0n) is 18.4. The number of aromatic amines is 1. The van der Waals surface area contributed by atoms with Crippen LogP contribution in [0.2, 0.25) is 0 Å². The van der Waals surface area contributed by atoms with Gasteiger partial charge in [0.1, 0.15) is 12.2 Å². The summed E-state index contributed by atoms with van der Waals surface area (Å²) in [7, 11) is 3.34. The number of ketones is 1. The Labute approximate surface area is 194 Å². The van der Waals surface area contributed by atoms with Gasteiger partial charge < -0.3 is 9.47 Å². The standard InChI is InChI=1S/C23H23N5O4S/c1-15-21(22(30)28(27(15)2)16-9-5-4-6-10-16)17(29)14-33-23-24-20(25-26-23)13-32-19-12-8-7-11-18(19)31-3/h4-12H,13-14H2,1-3H3,(H,24,25,26). The molecule has 0 atom stereocenters. The smallest absolute Gasteiger partial charge is 0.282 e. The van der Waals surface area contributed by atoms with Crippen molar-refractivity contribution in [3.63, 3.8) is 0 Å². The van der Waals surface area contributed by atoms with Crippen LogP contribution in [0.5, 0.6) is 11.5 Å². The second kappa shape index (κ2) is 9.78. The van der Waals surface area contributed by atoms with Crippen LogP contribution in [0.15, 0.2) is 64.5 Å². The van der Waals surface area contributed by atoms with E-state index in [1.54, 1.807) is 37.9 Å². The Morgan fingerprint density at radius 3 is 2.52 bits per heavy atom. The summed E-state index contributed by atoms with van der Waals surface area (Å²) in [5, 5.41) is 7.33. The van der Waals surface area contributed by atoms with Gasteiger partial charge in [-0.2, -0.15) is 0 Å². The minimum atomic E-state index is -0.340. The van der Waals surface area contributed by atoms with Gasteiger partial charge in [0.2, 0.25) is 5.16 Å². The predicted octanol–water partition coefficient (Wildman–Crippen LogP) is 3.17. The number of carbonyl (C=O) groups excluding carboxylic acids is 1. The molecule has 0 saturated heterocycles. The van der Waals surface area contributed by atoms with Crippen LogP contribution >= 0.6 is 11.8 Å². The highest BCUT2D eigenvalue weighted by molar-refractivity contribution is 7.99. The number of methoxy groups -OCH3 is 1. The monoisotopic (exact) mass is 465 g/mol. The first-order valence-electron chi connectivity index (χ1n) is 10.2. The average molecular weight is 466 g/mol. The Hall–Kier alpha value is -3.79. The van der Waals surface area contributed by atoms with Crippen molar-refractivity contribution in [1.82, 2.24) is 24.5 Å². The number of para-hydroxylation sites is 3. The first-order valence-corrected chi connectivity index (χ1v) is 11.1. The maximum Gasteiger partial charge on any atom is 0.282 e. The first-order chi connectivity index (χ1) is 16.0. The molecule has 2 aromatic heterocycles. The molecule has 0 aliphatic carbocycles. The Balaban J connectivity index is 1.42. The molecule has 2 heterocycles. The topological polar surface area (TPSA) is 104 Å². The number of H-pyrrole nitrogens is 1. The Morgan fingerprint density at radius 2 is 1.79 bits per heavy atom. The summed E-state index contributed by atoms with van der Waals surface area (Å²) in [6.07, 6.45) is 0. The first kappa shape index (κ1) is 22.4. The van der Waals surface area contributed by atoms with E-state index in [1.807, 2.05) is 42.5 Å². The van der Waals surface area contributed by atoms with Gasteiger partial charge in [-0.25, -0.2) is 9.67 Å². The minimum absolute atomic E-state index is 0.0412. The summed E-state index contributed by atoms with van der Waals surface area (Å²) >= 11 is 1.16. The second-order valence-corrected chi connectivity index (χ2v) is 8.10. The third kappa shape index (κ3) is 4.70. The number of thioether (sulfide) groups is 1. The minimum Gasteiger partial charge on any atom is -0.493 e. The molecule has 9 nitrogen and oxygen atoms in total. The molecule has 0 amide bonds. The molecule has 1 N–H and O–H groups in total. The highest BCUT2D eigenvalue weighted by Gasteiger charge is 2.22. The van der Waals surface area contributed by atoms with E-state index in [0.717, 1.165) is 11.8 Å². The van der Waals surface area contributed by atoms with Crippen LogP contribution in [0.3, 0.4) is 0 Å². The Kier molecular flexibility index (Phi) is 6.64. The summed E-state index contributed by atoms with van der Waals surface area (Å²) in [5.41, 5.74) is 1.14. The molecule has 0 aliphatic rings. The number of aromatic nitrogens is 5. The van der Waals surface area contributed by atoms with E-state index in [2.05, 4.69) is 15.2 Å². The number of hydrogen-bond acceptors (Lipinski definition) is 7. The molecule has 10 heteroatoms. The molecule has 0 spiro atoms. The normalized spacial score (nSPS) is 10.9. The highest BCUT2D eigenvalue weighted by atomic mass is 32.2. The third-order valence-corrected chi connectivity index (χ3v) is 5.96. The fraction of sp³-hybridized carbons (Fsp3) is 0.217. The maximum atomic E-state index is 13.0. The van der Waals surface area contributed by atoms with E-state index < -0.39 is 0 Å². The van der Waals surface area contributed by atoms with Crippen LogP contribution in [-0.2, 0) is 13.7 Å². The van der Waals surface area contributed by atoms with Crippen molar-refractivity contribution in [3.8, 4) is 17.2 Å². The molecule has 0 unspecified atom stereocenters. The van der Waals surface area contributed by atoms with Gasteiger partial charge in [-0.05, 0) is 31.2 Å². The lowest BCUT2D eigenvalue weighted by atomic mass is 10.2. The molecule has 170 valence electrons. The summed E-state index contributed by atoms with van der Waals surface area (Å²) < 4.78 is 14.2. The predicted molar refractivity (Wildman–Crippen MR) is 125 cm³/mol. The lowest BCUT2D eigenvalue weighted by molar-refractivity contribution is 0.102. The van der Waals surface area contributed by atoms with Crippen molar-refractivity contribution in [3.05, 3.63) is 82.0 Å². The maximum absolute atomic E-state index is 13.0. The third-order valence-electron chi connectivity index (χ3n) is 5.11.